The van der Waals surface area contributed by atoms with E-state index in [9.17, 15) is 13.6 Å². The van der Waals surface area contributed by atoms with Gasteiger partial charge < -0.3 is 9.55 Å². The van der Waals surface area contributed by atoms with Crippen LogP contribution in [-0.4, -0.2) is 15.5 Å². The van der Waals surface area contributed by atoms with Gasteiger partial charge in [-0.3, -0.25) is 4.79 Å². The number of rotatable bonds is 3. The zero-order valence-electron chi connectivity index (χ0n) is 13.1. The summed E-state index contributed by atoms with van der Waals surface area (Å²) in [4.78, 5) is 14.3. The van der Waals surface area contributed by atoms with E-state index in [2.05, 4.69) is 4.98 Å². The Morgan fingerprint density at radius 2 is 2.00 bits per heavy atom. The van der Waals surface area contributed by atoms with Crippen LogP contribution < -0.4 is 5.56 Å². The number of H-pyrrole nitrogens is 1. The molecule has 0 amide bonds. The van der Waals surface area contributed by atoms with Crippen molar-refractivity contribution in [2.45, 2.75) is 39.7 Å². The number of aromatic nitrogens is 2. The molecular formula is C17H17ClF2N2O. The molecule has 23 heavy (non-hydrogen) atoms. The van der Waals surface area contributed by atoms with Crippen LogP contribution in [0.1, 0.15) is 25.1 Å². The molecule has 0 bridgehead atoms. The summed E-state index contributed by atoms with van der Waals surface area (Å²) in [6, 6.07) is 4.80. The smallest absolute Gasteiger partial charge is 0.262 e. The van der Waals surface area contributed by atoms with E-state index < -0.39 is 5.92 Å². The van der Waals surface area contributed by atoms with E-state index in [4.69, 9.17) is 11.6 Å². The van der Waals surface area contributed by atoms with Crippen LogP contribution in [0.5, 0.6) is 0 Å². The second-order valence-electron chi connectivity index (χ2n) is 5.95. The molecular weight excluding hydrogens is 322 g/mol. The average Bonchev–Trinajstić information content (AvgIpc) is 2.68. The first kappa shape index (κ1) is 16.0. The normalized spacial score (nSPS) is 12.4. The Balaban J connectivity index is 2.47. The fourth-order valence-corrected chi connectivity index (χ4v) is 3.61. The number of nitrogens with zero attached hydrogens (tertiary/aromatic N) is 1. The van der Waals surface area contributed by atoms with Crippen molar-refractivity contribution in [3.8, 4) is 0 Å². The van der Waals surface area contributed by atoms with Gasteiger partial charge in [0, 0.05) is 35.0 Å². The summed E-state index contributed by atoms with van der Waals surface area (Å²) in [6.07, 6.45) is 0.638. The van der Waals surface area contributed by atoms with E-state index in [0.717, 1.165) is 23.6 Å². The number of alkyl halides is 2. The molecule has 2 aromatic heterocycles. The number of benzene rings is 1. The Morgan fingerprint density at radius 3 is 2.61 bits per heavy atom. The zero-order valence-corrected chi connectivity index (χ0v) is 13.9. The Bertz CT molecular complexity index is 967. The molecule has 3 rings (SSSR count). The maximum absolute atomic E-state index is 13.6. The lowest BCUT2D eigenvalue weighted by molar-refractivity contribution is 0.00445. The molecule has 122 valence electrons. The molecule has 3 aromatic rings. The molecule has 0 radical (unpaired) electrons. The number of fused-ring (bicyclic) bond motifs is 3. The predicted octanol–water partition coefficient (Wildman–Crippen LogP) is 4.66. The van der Waals surface area contributed by atoms with Gasteiger partial charge in [0.2, 0.25) is 5.56 Å². The molecule has 1 aromatic carbocycles. The SMILES string of the molecule is CCc1c(C)c2c3c(Cl)cc(=O)[nH]c3ccc2n1CC(C)(F)F. The molecule has 2 heterocycles. The lowest BCUT2D eigenvalue weighted by atomic mass is 10.1. The largest absolute Gasteiger partial charge is 0.338 e. The van der Waals surface area contributed by atoms with Crippen molar-refractivity contribution in [2.75, 3.05) is 0 Å². The van der Waals surface area contributed by atoms with Crippen LogP contribution in [0.4, 0.5) is 8.78 Å². The molecule has 0 saturated heterocycles. The molecule has 1 N–H and O–H groups in total. The predicted molar refractivity (Wildman–Crippen MR) is 89.8 cm³/mol. The average molecular weight is 339 g/mol. The van der Waals surface area contributed by atoms with Crippen LogP contribution in [0, 0.1) is 6.92 Å². The first-order valence-corrected chi connectivity index (χ1v) is 7.81. The van der Waals surface area contributed by atoms with Crippen LogP contribution in [0.3, 0.4) is 0 Å². The van der Waals surface area contributed by atoms with Gasteiger partial charge in [0.05, 0.1) is 17.1 Å². The van der Waals surface area contributed by atoms with Gasteiger partial charge in [0.1, 0.15) is 0 Å². The Kier molecular flexibility index (Phi) is 3.71. The number of hydrogen-bond donors (Lipinski definition) is 1. The van der Waals surface area contributed by atoms with E-state index >= 15 is 0 Å². The van der Waals surface area contributed by atoms with Gasteiger partial charge in [-0.1, -0.05) is 18.5 Å². The first-order chi connectivity index (χ1) is 10.7. The van der Waals surface area contributed by atoms with Crippen LogP contribution in [-0.2, 0) is 13.0 Å². The van der Waals surface area contributed by atoms with Gasteiger partial charge in [-0.15, -0.1) is 0 Å². The fourth-order valence-electron chi connectivity index (χ4n) is 3.31. The molecule has 0 aliphatic heterocycles. The molecule has 0 aliphatic rings. The molecule has 6 heteroatoms. The standard InChI is InChI=1S/C17H17ClF2N2O/c1-4-12-9(2)15-13(22(12)8-17(3,19)20)6-5-11-16(15)10(18)7-14(23)21-11/h5-7H,4,8H2,1-3H3,(H,21,23). The first-order valence-electron chi connectivity index (χ1n) is 7.44. The molecule has 0 spiro atoms. The quantitative estimate of drug-likeness (QED) is 0.741. The molecule has 3 nitrogen and oxygen atoms in total. The van der Waals surface area contributed by atoms with Crippen molar-refractivity contribution in [3.63, 3.8) is 0 Å². The highest BCUT2D eigenvalue weighted by Crippen LogP contribution is 2.36. The minimum Gasteiger partial charge on any atom is -0.338 e. The molecule has 0 saturated carbocycles. The van der Waals surface area contributed by atoms with Crippen LogP contribution in [0.15, 0.2) is 23.0 Å². The maximum Gasteiger partial charge on any atom is 0.262 e. The minimum atomic E-state index is -2.81. The van der Waals surface area contributed by atoms with Crippen LogP contribution in [0.2, 0.25) is 5.02 Å². The topological polar surface area (TPSA) is 37.8 Å². The highest BCUT2D eigenvalue weighted by atomic mass is 35.5. The number of nitrogens with one attached hydrogen (secondary N) is 1. The summed E-state index contributed by atoms with van der Waals surface area (Å²) in [7, 11) is 0. The van der Waals surface area contributed by atoms with E-state index in [0.29, 0.717) is 27.9 Å². The van der Waals surface area contributed by atoms with Crippen molar-refractivity contribution in [1.29, 1.82) is 0 Å². The second kappa shape index (κ2) is 5.34. The van der Waals surface area contributed by atoms with Crippen LogP contribution in [0.25, 0.3) is 21.8 Å². The highest BCUT2D eigenvalue weighted by Gasteiger charge is 2.26. The van der Waals surface area contributed by atoms with E-state index in [1.165, 1.54) is 6.07 Å². The highest BCUT2D eigenvalue weighted by molar-refractivity contribution is 6.37. The summed E-state index contributed by atoms with van der Waals surface area (Å²) < 4.78 is 28.9. The molecule has 0 unspecified atom stereocenters. The Labute approximate surface area is 136 Å². The molecule has 0 fully saturated rings. The van der Waals surface area contributed by atoms with E-state index in [-0.39, 0.29) is 12.1 Å². The number of aromatic amines is 1. The van der Waals surface area contributed by atoms with Gasteiger partial charge in [0.15, 0.2) is 0 Å². The summed E-state index contributed by atoms with van der Waals surface area (Å²) in [5.74, 6) is -2.81. The number of aryl methyl sites for hydroxylation is 1. The number of halogens is 3. The number of pyridine rings is 1. The third-order valence-corrected chi connectivity index (χ3v) is 4.43. The maximum atomic E-state index is 13.6. The van der Waals surface area contributed by atoms with Gasteiger partial charge in [0.25, 0.3) is 5.92 Å². The summed E-state index contributed by atoms with van der Waals surface area (Å²) >= 11 is 6.27. The van der Waals surface area contributed by atoms with Crippen molar-refractivity contribution in [1.82, 2.24) is 9.55 Å². The lowest BCUT2D eigenvalue weighted by Crippen LogP contribution is -2.20. The van der Waals surface area contributed by atoms with Crippen molar-refractivity contribution < 1.29 is 8.78 Å². The van der Waals surface area contributed by atoms with E-state index in [1.54, 1.807) is 16.7 Å². The molecule has 0 atom stereocenters. The second-order valence-corrected chi connectivity index (χ2v) is 6.35. The third kappa shape index (κ3) is 2.63. The van der Waals surface area contributed by atoms with Crippen molar-refractivity contribution in [3.05, 3.63) is 44.8 Å². The summed E-state index contributed by atoms with van der Waals surface area (Å²) in [5, 5.41) is 1.86. The van der Waals surface area contributed by atoms with Crippen molar-refractivity contribution in [2.24, 2.45) is 0 Å². The zero-order chi connectivity index (χ0) is 16.9. The van der Waals surface area contributed by atoms with Gasteiger partial charge in [-0.2, -0.15) is 0 Å². The van der Waals surface area contributed by atoms with Gasteiger partial charge in [-0.25, -0.2) is 8.78 Å². The Hall–Kier alpha value is -1.88. The minimum absolute atomic E-state index is 0.283. The van der Waals surface area contributed by atoms with Crippen LogP contribution >= 0.6 is 11.6 Å². The fraction of sp³-hybridized carbons (Fsp3) is 0.353. The molecule has 0 aliphatic carbocycles. The van der Waals surface area contributed by atoms with E-state index in [1.807, 2.05) is 13.8 Å². The van der Waals surface area contributed by atoms with Gasteiger partial charge in [-0.05, 0) is 31.0 Å². The third-order valence-electron chi connectivity index (χ3n) is 4.13. The lowest BCUT2D eigenvalue weighted by Gasteiger charge is -2.15. The van der Waals surface area contributed by atoms with Gasteiger partial charge >= 0.3 is 0 Å². The summed E-state index contributed by atoms with van der Waals surface area (Å²) in [5.41, 5.74) is 2.82. The number of hydrogen-bond acceptors (Lipinski definition) is 1. The summed E-state index contributed by atoms with van der Waals surface area (Å²) in [6.45, 7) is 4.38. The monoisotopic (exact) mass is 338 g/mol. The van der Waals surface area contributed by atoms with Crippen molar-refractivity contribution >= 4 is 33.4 Å². The Morgan fingerprint density at radius 1 is 1.30 bits per heavy atom.